The van der Waals surface area contributed by atoms with Gasteiger partial charge in [-0.2, -0.15) is 0 Å². The van der Waals surface area contributed by atoms with E-state index in [2.05, 4.69) is 10.4 Å². The standard InChI is InChI=1S/C15H12FN3/c16-11-6-7-12-14(8-11)18-13(9-15(12)19-17)10-4-2-1-3-5-10/h1-9H,17H2,(H,18,19). The summed E-state index contributed by atoms with van der Waals surface area (Å²) in [6.07, 6.45) is 0. The SMILES string of the molecule is NNc1cc(-c2ccccc2)nc2cc(F)ccc12. The third-order valence-corrected chi connectivity index (χ3v) is 3.00. The van der Waals surface area contributed by atoms with Crippen LogP contribution in [0.15, 0.2) is 54.6 Å². The average Bonchev–Trinajstić information content (AvgIpc) is 2.46. The predicted molar refractivity (Wildman–Crippen MR) is 74.9 cm³/mol. The molecule has 0 unspecified atom stereocenters. The number of nitrogen functional groups attached to an aromatic ring is 1. The van der Waals surface area contributed by atoms with E-state index in [1.54, 1.807) is 6.07 Å². The molecule has 0 bridgehead atoms. The molecule has 0 saturated carbocycles. The molecule has 0 aliphatic carbocycles. The molecule has 3 N–H and O–H groups in total. The van der Waals surface area contributed by atoms with E-state index in [4.69, 9.17) is 5.84 Å². The van der Waals surface area contributed by atoms with Crippen molar-refractivity contribution in [3.63, 3.8) is 0 Å². The van der Waals surface area contributed by atoms with Crippen LogP contribution in [0.1, 0.15) is 0 Å². The summed E-state index contributed by atoms with van der Waals surface area (Å²) in [5.74, 6) is 5.22. The molecule has 2 aromatic carbocycles. The molecular weight excluding hydrogens is 241 g/mol. The quantitative estimate of drug-likeness (QED) is 0.544. The molecular formula is C15H12FN3. The van der Waals surface area contributed by atoms with Gasteiger partial charge in [-0.3, -0.25) is 5.84 Å². The molecule has 0 aliphatic heterocycles. The van der Waals surface area contributed by atoms with E-state index in [0.717, 1.165) is 22.3 Å². The van der Waals surface area contributed by atoms with E-state index in [1.807, 2.05) is 36.4 Å². The molecule has 3 aromatic rings. The summed E-state index contributed by atoms with van der Waals surface area (Å²) in [5.41, 5.74) is 5.66. The lowest BCUT2D eigenvalue weighted by molar-refractivity contribution is 0.629. The number of halogens is 1. The molecule has 19 heavy (non-hydrogen) atoms. The summed E-state index contributed by atoms with van der Waals surface area (Å²) in [6, 6.07) is 16.0. The minimum Gasteiger partial charge on any atom is -0.323 e. The molecule has 0 atom stereocenters. The number of hydrogen-bond donors (Lipinski definition) is 2. The van der Waals surface area contributed by atoms with Gasteiger partial charge in [0.2, 0.25) is 0 Å². The van der Waals surface area contributed by atoms with Gasteiger partial charge in [0, 0.05) is 17.0 Å². The van der Waals surface area contributed by atoms with Crippen LogP contribution in [-0.2, 0) is 0 Å². The van der Waals surface area contributed by atoms with Crippen molar-refractivity contribution in [2.45, 2.75) is 0 Å². The summed E-state index contributed by atoms with van der Waals surface area (Å²) in [5, 5.41) is 0.795. The summed E-state index contributed by atoms with van der Waals surface area (Å²) < 4.78 is 13.3. The van der Waals surface area contributed by atoms with Gasteiger partial charge >= 0.3 is 0 Å². The Labute approximate surface area is 109 Å². The van der Waals surface area contributed by atoms with Crippen LogP contribution < -0.4 is 11.3 Å². The Bertz CT molecular complexity index is 726. The number of nitrogens with two attached hydrogens (primary N) is 1. The maximum atomic E-state index is 13.3. The van der Waals surface area contributed by atoms with Crippen LogP contribution in [0.4, 0.5) is 10.1 Å². The van der Waals surface area contributed by atoms with Gasteiger partial charge in [0.1, 0.15) is 5.82 Å². The van der Waals surface area contributed by atoms with Crippen molar-refractivity contribution >= 4 is 16.6 Å². The van der Waals surface area contributed by atoms with Crippen molar-refractivity contribution in [3.05, 3.63) is 60.4 Å². The van der Waals surface area contributed by atoms with Crippen LogP contribution in [0.5, 0.6) is 0 Å². The Morgan fingerprint density at radius 2 is 1.79 bits per heavy atom. The molecule has 0 radical (unpaired) electrons. The molecule has 0 spiro atoms. The summed E-state index contributed by atoms with van der Waals surface area (Å²) in [7, 11) is 0. The molecule has 0 aliphatic rings. The van der Waals surface area contributed by atoms with Crippen LogP contribution in [0.3, 0.4) is 0 Å². The Morgan fingerprint density at radius 3 is 2.53 bits per heavy atom. The minimum absolute atomic E-state index is 0.312. The van der Waals surface area contributed by atoms with Crippen molar-refractivity contribution in [1.82, 2.24) is 4.98 Å². The first-order chi connectivity index (χ1) is 9.28. The smallest absolute Gasteiger partial charge is 0.125 e. The van der Waals surface area contributed by atoms with E-state index in [0.29, 0.717) is 5.52 Å². The second-order valence-corrected chi connectivity index (χ2v) is 4.23. The topological polar surface area (TPSA) is 50.9 Å². The zero-order valence-electron chi connectivity index (χ0n) is 10.1. The third-order valence-electron chi connectivity index (χ3n) is 3.00. The van der Waals surface area contributed by atoms with Gasteiger partial charge in [-0.05, 0) is 18.2 Å². The lowest BCUT2D eigenvalue weighted by atomic mass is 10.1. The monoisotopic (exact) mass is 253 g/mol. The van der Waals surface area contributed by atoms with E-state index in [1.165, 1.54) is 12.1 Å². The number of hydrazine groups is 1. The molecule has 1 heterocycles. The highest BCUT2D eigenvalue weighted by atomic mass is 19.1. The fourth-order valence-electron chi connectivity index (χ4n) is 2.08. The lowest BCUT2D eigenvalue weighted by Crippen LogP contribution is -2.08. The average molecular weight is 253 g/mol. The lowest BCUT2D eigenvalue weighted by Gasteiger charge is -2.09. The molecule has 3 rings (SSSR count). The fraction of sp³-hybridized carbons (Fsp3) is 0. The molecule has 0 fully saturated rings. The number of pyridine rings is 1. The minimum atomic E-state index is -0.312. The number of hydrogen-bond acceptors (Lipinski definition) is 3. The summed E-state index contributed by atoms with van der Waals surface area (Å²) >= 11 is 0. The molecule has 0 amide bonds. The number of nitrogens with one attached hydrogen (secondary N) is 1. The van der Waals surface area contributed by atoms with Crippen LogP contribution >= 0.6 is 0 Å². The zero-order chi connectivity index (χ0) is 13.2. The van der Waals surface area contributed by atoms with Gasteiger partial charge in [-0.1, -0.05) is 30.3 Å². The van der Waals surface area contributed by atoms with E-state index in [9.17, 15) is 4.39 Å². The third kappa shape index (κ3) is 2.13. The number of fused-ring (bicyclic) bond motifs is 1. The number of nitrogens with zero attached hydrogens (tertiary/aromatic N) is 1. The highest BCUT2D eigenvalue weighted by Crippen LogP contribution is 2.28. The van der Waals surface area contributed by atoms with Crippen molar-refractivity contribution in [2.24, 2.45) is 5.84 Å². The second-order valence-electron chi connectivity index (χ2n) is 4.23. The van der Waals surface area contributed by atoms with Crippen LogP contribution in [0.2, 0.25) is 0 Å². The maximum Gasteiger partial charge on any atom is 0.125 e. The van der Waals surface area contributed by atoms with Crippen LogP contribution in [-0.4, -0.2) is 4.98 Å². The number of rotatable bonds is 2. The fourth-order valence-corrected chi connectivity index (χ4v) is 2.08. The largest absolute Gasteiger partial charge is 0.323 e. The number of anilines is 1. The van der Waals surface area contributed by atoms with Crippen LogP contribution in [0.25, 0.3) is 22.2 Å². The van der Waals surface area contributed by atoms with E-state index < -0.39 is 0 Å². The van der Waals surface area contributed by atoms with Crippen LogP contribution in [0, 0.1) is 5.82 Å². The Balaban J connectivity index is 2.27. The highest BCUT2D eigenvalue weighted by Gasteiger charge is 2.07. The number of aromatic nitrogens is 1. The first-order valence-corrected chi connectivity index (χ1v) is 5.90. The van der Waals surface area contributed by atoms with Gasteiger partial charge in [0.15, 0.2) is 0 Å². The Morgan fingerprint density at radius 1 is 1.00 bits per heavy atom. The van der Waals surface area contributed by atoms with Gasteiger partial charge < -0.3 is 5.43 Å². The van der Waals surface area contributed by atoms with Crippen molar-refractivity contribution in [1.29, 1.82) is 0 Å². The molecule has 94 valence electrons. The van der Waals surface area contributed by atoms with E-state index in [-0.39, 0.29) is 5.82 Å². The van der Waals surface area contributed by atoms with Crippen molar-refractivity contribution in [3.8, 4) is 11.3 Å². The summed E-state index contributed by atoms with van der Waals surface area (Å²) in [6.45, 7) is 0. The molecule has 0 saturated heterocycles. The predicted octanol–water partition coefficient (Wildman–Crippen LogP) is 3.33. The normalized spacial score (nSPS) is 10.6. The highest BCUT2D eigenvalue weighted by molar-refractivity contribution is 5.93. The maximum absolute atomic E-state index is 13.3. The first kappa shape index (κ1) is 11.6. The Kier molecular flexibility index (Phi) is 2.85. The Hall–Kier alpha value is -2.46. The van der Waals surface area contributed by atoms with Crippen molar-refractivity contribution < 1.29 is 4.39 Å². The van der Waals surface area contributed by atoms with Gasteiger partial charge in [-0.25, -0.2) is 9.37 Å². The van der Waals surface area contributed by atoms with E-state index >= 15 is 0 Å². The summed E-state index contributed by atoms with van der Waals surface area (Å²) in [4.78, 5) is 4.48. The molecule has 4 heteroatoms. The molecule has 1 aromatic heterocycles. The van der Waals surface area contributed by atoms with Crippen molar-refractivity contribution in [2.75, 3.05) is 5.43 Å². The number of benzene rings is 2. The van der Waals surface area contributed by atoms with Gasteiger partial charge in [-0.15, -0.1) is 0 Å². The molecule has 3 nitrogen and oxygen atoms in total. The zero-order valence-corrected chi connectivity index (χ0v) is 10.1. The first-order valence-electron chi connectivity index (χ1n) is 5.90. The van der Waals surface area contributed by atoms with Gasteiger partial charge in [0.05, 0.1) is 16.9 Å². The van der Waals surface area contributed by atoms with Gasteiger partial charge in [0.25, 0.3) is 0 Å². The second kappa shape index (κ2) is 4.66.